The van der Waals surface area contributed by atoms with Crippen molar-refractivity contribution in [3.63, 3.8) is 0 Å². The second-order valence-electron chi connectivity index (χ2n) is 27.9. The van der Waals surface area contributed by atoms with Gasteiger partial charge >= 0.3 is 0 Å². The van der Waals surface area contributed by atoms with Crippen LogP contribution in [0.4, 0.5) is 34.1 Å². The Kier molecular flexibility index (Phi) is 10.3. The van der Waals surface area contributed by atoms with Gasteiger partial charge in [0.15, 0.2) is 0 Å². The van der Waals surface area contributed by atoms with Crippen molar-refractivity contribution in [1.29, 1.82) is 5.26 Å². The number of fused-ring (bicyclic) bond motifs is 13. The molecule has 0 spiro atoms. The van der Waals surface area contributed by atoms with Crippen molar-refractivity contribution in [2.24, 2.45) is 0 Å². The van der Waals surface area contributed by atoms with Crippen LogP contribution in [0.5, 0.6) is 0 Å². The highest BCUT2D eigenvalue weighted by atomic mass is 15.2. The van der Waals surface area contributed by atoms with Crippen molar-refractivity contribution >= 4 is 123 Å². The fourth-order valence-electron chi connectivity index (χ4n) is 14.7. The molecule has 2 aliphatic heterocycles. The minimum atomic E-state index is -0.509. The van der Waals surface area contributed by atoms with Crippen molar-refractivity contribution in [3.05, 3.63) is 277 Å². The average molecular weight is 1190 g/mol. The Morgan fingerprint density at radius 1 is 0.337 bits per heavy atom. The molecule has 5 heterocycles. The number of hydrogen-bond donors (Lipinski definition) is 0. The molecule has 0 radical (unpaired) electrons. The van der Waals surface area contributed by atoms with Crippen molar-refractivity contribution in [3.8, 4) is 34.3 Å². The minimum absolute atomic E-state index is 0.00303. The molecule has 0 aliphatic carbocycles. The fourth-order valence-corrected chi connectivity index (χ4v) is 14.7. The number of hydrogen-bond acceptors (Lipinski definition) is 3. The topological polar surface area (TPSA) is 45.1 Å². The van der Waals surface area contributed by atoms with E-state index in [1.165, 1.54) is 21.9 Å². The summed E-state index contributed by atoms with van der Waals surface area (Å²) in [6, 6.07) is 72.3. The normalized spacial score (nSPS) is 14.4. The van der Waals surface area contributed by atoms with Crippen LogP contribution in [0.1, 0.15) is 95.5 Å². The van der Waals surface area contributed by atoms with Gasteiger partial charge < -0.3 is 23.5 Å². The predicted octanol–water partition coefficient (Wildman–Crippen LogP) is 20.5. The third-order valence-electron chi connectivity index (χ3n) is 19.4. The summed E-state index contributed by atoms with van der Waals surface area (Å²) in [6.07, 6.45) is 0. The summed E-state index contributed by atoms with van der Waals surface area (Å²) in [7, 11) is 0. The second kappa shape index (κ2) is 20.1. The Bertz CT molecular complexity index is 5920. The lowest BCUT2D eigenvalue weighted by Crippen LogP contribution is -2.61. The number of rotatable bonds is 6. The van der Waals surface area contributed by atoms with Crippen LogP contribution in [-0.4, -0.2) is 20.4 Å². The molecule has 2 aliphatic rings. The zero-order valence-electron chi connectivity index (χ0n) is 60.9. The van der Waals surface area contributed by atoms with E-state index in [1.807, 2.05) is 54.6 Å². The van der Waals surface area contributed by atoms with E-state index >= 15 is 0 Å². The third kappa shape index (κ3) is 8.39. The number of aromatic nitrogens is 3. The number of benzene rings is 12. The Morgan fingerprint density at radius 3 is 1.29 bits per heavy atom. The molecule has 0 unspecified atom stereocenters. The van der Waals surface area contributed by atoms with Gasteiger partial charge in [0.05, 0.1) is 55.3 Å². The largest absolute Gasteiger partial charge is 0.311 e. The zero-order valence-corrected chi connectivity index (χ0v) is 52.9. The monoisotopic (exact) mass is 1190 g/mol. The Morgan fingerprint density at radius 2 is 0.772 bits per heavy atom. The molecule has 442 valence electrons. The van der Waals surface area contributed by atoms with Gasteiger partial charge in [-0.05, 0) is 176 Å². The minimum Gasteiger partial charge on any atom is -0.311 e. The second-order valence-corrected chi connectivity index (χ2v) is 27.9. The summed E-state index contributed by atoms with van der Waals surface area (Å²) < 4.78 is 80.4. The average Bonchev–Trinajstić information content (AvgIpc) is 0.767. The molecule has 0 fully saturated rings. The standard InChI is InChI=1S/C85H69BN6/c1-83(2,3)56-34-43-75-67(45-56)68-46-57(84(4,5)6)35-44-76(68)90(75)62-40-41-69-78(50-62)88(59-36-31-54(32-37-59)53-21-11-10-12-22-53)80-47-58(85(7,8)9)48-81-82(80)86(69)70-42-39-61(89-71-27-17-13-23-63(71)64-24-14-18-28-72(64)89)51-79(70)91(81)60-38-33-55(52-87)77(49-60)92-73-29-19-15-25-65(73)66-26-16-20-30-74(66)92/h10-51H,1-9H3/i13D,14D,17D,18D,23D,24D,27D,28D. The molecule has 7 heteroatoms. The molecule has 17 rings (SSSR count). The summed E-state index contributed by atoms with van der Waals surface area (Å²) >= 11 is 0. The van der Waals surface area contributed by atoms with Crippen LogP contribution in [0.15, 0.2) is 255 Å². The van der Waals surface area contributed by atoms with Crippen molar-refractivity contribution in [1.82, 2.24) is 13.7 Å². The fraction of sp³-hybridized carbons (Fsp3) is 0.141. The van der Waals surface area contributed by atoms with Gasteiger partial charge in [0.1, 0.15) is 6.07 Å². The molecule has 0 N–H and O–H groups in total. The molecule has 12 aromatic carbocycles. The molecule has 0 bridgehead atoms. The van der Waals surface area contributed by atoms with Gasteiger partial charge in [-0.3, -0.25) is 0 Å². The van der Waals surface area contributed by atoms with Gasteiger partial charge in [-0.2, -0.15) is 5.26 Å². The van der Waals surface area contributed by atoms with E-state index in [-0.39, 0.29) is 44.7 Å². The lowest BCUT2D eigenvalue weighted by atomic mass is 9.33. The van der Waals surface area contributed by atoms with E-state index in [1.54, 1.807) is 4.57 Å². The van der Waals surface area contributed by atoms with Crippen LogP contribution in [-0.2, 0) is 16.2 Å². The third-order valence-corrected chi connectivity index (χ3v) is 19.4. The van der Waals surface area contributed by atoms with Gasteiger partial charge in [-0.1, -0.05) is 202 Å². The first-order chi connectivity index (χ1) is 47.8. The molecule has 0 atom stereocenters. The number of anilines is 6. The van der Waals surface area contributed by atoms with Gasteiger partial charge in [0.2, 0.25) is 0 Å². The van der Waals surface area contributed by atoms with E-state index in [0.717, 1.165) is 100 Å². The molecule has 6 nitrogen and oxygen atoms in total. The first-order valence-corrected chi connectivity index (χ1v) is 31.7. The Labute approximate surface area is 549 Å². The van der Waals surface area contributed by atoms with E-state index < -0.39 is 48.4 Å². The van der Waals surface area contributed by atoms with Crippen LogP contribution in [0, 0.1) is 11.3 Å². The number of nitrogens with zero attached hydrogens (tertiary/aromatic N) is 6. The van der Waals surface area contributed by atoms with Crippen LogP contribution in [0.3, 0.4) is 0 Å². The number of nitriles is 1. The van der Waals surface area contributed by atoms with E-state index in [9.17, 15) is 10.7 Å². The summed E-state index contributed by atoms with van der Waals surface area (Å²) in [4.78, 5) is 4.71. The first-order valence-electron chi connectivity index (χ1n) is 35.7. The summed E-state index contributed by atoms with van der Waals surface area (Å²) in [5.41, 5.74) is 19.9. The molecular formula is C85H69BN6. The van der Waals surface area contributed by atoms with Crippen LogP contribution < -0.4 is 26.2 Å². The molecule has 0 amide bonds. The maximum Gasteiger partial charge on any atom is 0.252 e. The van der Waals surface area contributed by atoms with Gasteiger partial charge in [0.25, 0.3) is 6.71 Å². The Hall–Kier alpha value is -10.8. The highest BCUT2D eigenvalue weighted by Gasteiger charge is 2.45. The van der Waals surface area contributed by atoms with Crippen molar-refractivity contribution < 1.29 is 11.0 Å². The molecule has 15 aromatic rings. The number of para-hydroxylation sites is 4. The maximum absolute atomic E-state index is 11.3. The SMILES string of the molecule is [2H]c1c([2H])c([2H])c2c(c1[2H])c1c([2H])c([2H])c([2H])c([2H])c1n2-c1ccc2c(c1)N(c1ccc(C#N)c(-n3c4ccccc4c4ccccc43)c1)c1cc(C(C)(C)C)cc3c1B2c1ccc(-n2c4ccc(C(C)(C)C)cc4c4cc(C(C)(C)C)ccc42)cc1N3c1ccc(-c2ccccc2)cc1. The van der Waals surface area contributed by atoms with Gasteiger partial charge in [-0.25, -0.2) is 0 Å². The van der Waals surface area contributed by atoms with Crippen LogP contribution in [0.2, 0.25) is 0 Å². The quantitative estimate of drug-likeness (QED) is 0.156. The van der Waals surface area contributed by atoms with Gasteiger partial charge in [0, 0.05) is 77.8 Å². The van der Waals surface area contributed by atoms with E-state index in [4.69, 9.17) is 5.48 Å². The lowest BCUT2D eigenvalue weighted by Gasteiger charge is -2.45. The zero-order chi connectivity index (χ0) is 69.7. The lowest BCUT2D eigenvalue weighted by molar-refractivity contribution is 0.590. The molecule has 3 aromatic heterocycles. The predicted molar refractivity (Wildman–Crippen MR) is 390 cm³/mol. The molecular weight excluding hydrogens is 1120 g/mol. The highest BCUT2D eigenvalue weighted by Crippen LogP contribution is 2.49. The molecule has 0 saturated carbocycles. The molecule has 0 saturated heterocycles. The summed E-state index contributed by atoms with van der Waals surface area (Å²) in [5, 5.41) is 15.7. The maximum atomic E-state index is 11.3. The van der Waals surface area contributed by atoms with Crippen LogP contribution in [0.25, 0.3) is 93.6 Å². The van der Waals surface area contributed by atoms with Crippen LogP contribution >= 0.6 is 0 Å². The van der Waals surface area contributed by atoms with E-state index in [2.05, 4.69) is 239 Å². The smallest absolute Gasteiger partial charge is 0.252 e. The molecule has 92 heavy (non-hydrogen) atoms. The highest BCUT2D eigenvalue weighted by molar-refractivity contribution is 7.00. The first kappa shape index (κ1) is 47.2. The van der Waals surface area contributed by atoms with E-state index in [0.29, 0.717) is 22.6 Å². The summed E-state index contributed by atoms with van der Waals surface area (Å²) in [6.45, 7) is 19.9. The van der Waals surface area contributed by atoms with Crippen molar-refractivity contribution in [2.45, 2.75) is 78.6 Å². The Balaban J connectivity index is 0.999. The van der Waals surface area contributed by atoms with Gasteiger partial charge in [-0.15, -0.1) is 0 Å². The summed E-state index contributed by atoms with van der Waals surface area (Å²) in [5.74, 6) is 0. The van der Waals surface area contributed by atoms with Crippen molar-refractivity contribution in [2.75, 3.05) is 9.80 Å².